The van der Waals surface area contributed by atoms with E-state index in [2.05, 4.69) is 15.8 Å². The molecule has 1 heterocycles. The molecule has 2 aliphatic rings. The molecule has 9 heteroatoms. The molecular formula is C20H35ClN4O3S. The van der Waals surface area contributed by atoms with Crippen molar-refractivity contribution in [2.45, 2.75) is 71.8 Å². The predicted molar refractivity (Wildman–Crippen MR) is 120 cm³/mol. The Morgan fingerprint density at radius 3 is 2.31 bits per heavy atom. The van der Waals surface area contributed by atoms with Crippen LogP contribution in [0.5, 0.6) is 0 Å². The van der Waals surface area contributed by atoms with Crippen molar-refractivity contribution in [3.63, 3.8) is 0 Å². The molecule has 2 amide bonds. The molecule has 1 aliphatic heterocycles. The van der Waals surface area contributed by atoms with Gasteiger partial charge in [0, 0.05) is 25.3 Å². The number of nitrogens with zero attached hydrogens (tertiary/aromatic N) is 2. The number of ketones is 1. The van der Waals surface area contributed by atoms with Crippen LogP contribution in [0.15, 0.2) is 5.10 Å². The zero-order chi connectivity index (χ0) is 20.7. The molecule has 7 nitrogen and oxygen atoms in total. The maximum atomic E-state index is 12.8. The molecule has 2 N–H and O–H groups in total. The van der Waals surface area contributed by atoms with Gasteiger partial charge in [0.15, 0.2) is 5.17 Å². The highest BCUT2D eigenvalue weighted by atomic mass is 35.5. The Labute approximate surface area is 184 Å². The lowest BCUT2D eigenvalue weighted by Crippen LogP contribution is -2.50. The number of halogens is 1. The van der Waals surface area contributed by atoms with E-state index < -0.39 is 17.7 Å². The molecule has 0 radical (unpaired) electrons. The highest BCUT2D eigenvalue weighted by Crippen LogP contribution is 2.25. The second-order valence-electron chi connectivity index (χ2n) is 8.98. The second kappa shape index (κ2) is 11.8. The maximum Gasteiger partial charge on any atom is 0.309 e. The van der Waals surface area contributed by atoms with Gasteiger partial charge in [-0.3, -0.25) is 14.4 Å². The van der Waals surface area contributed by atoms with Gasteiger partial charge in [-0.25, -0.2) is 5.43 Å². The number of amides is 2. The van der Waals surface area contributed by atoms with E-state index >= 15 is 0 Å². The average molecular weight is 447 g/mol. The van der Waals surface area contributed by atoms with Crippen molar-refractivity contribution in [3.8, 4) is 0 Å². The summed E-state index contributed by atoms with van der Waals surface area (Å²) < 4.78 is 0. The molecular weight excluding hydrogens is 412 g/mol. The number of rotatable bonds is 6. The third kappa shape index (κ3) is 8.54. The number of Topliss-reactive ketones (excluding diaryl/α,β-unsaturated/α-hetero) is 1. The summed E-state index contributed by atoms with van der Waals surface area (Å²) in [4.78, 5) is 39.9. The van der Waals surface area contributed by atoms with E-state index in [0.29, 0.717) is 11.6 Å². The first-order valence-corrected chi connectivity index (χ1v) is 11.2. The second-order valence-corrected chi connectivity index (χ2v) is 10.0. The van der Waals surface area contributed by atoms with E-state index in [1.807, 2.05) is 32.7 Å². The number of carbonyl (C=O) groups excluding carboxylic acids is 3. The van der Waals surface area contributed by atoms with Gasteiger partial charge in [-0.1, -0.05) is 58.2 Å². The van der Waals surface area contributed by atoms with Crippen LogP contribution in [0, 0.1) is 11.3 Å². The lowest BCUT2D eigenvalue weighted by Gasteiger charge is -2.27. The summed E-state index contributed by atoms with van der Waals surface area (Å²) in [6, 6.07) is -0.829. The number of hydrazone groups is 1. The van der Waals surface area contributed by atoms with Gasteiger partial charge in [0.2, 0.25) is 11.7 Å². The van der Waals surface area contributed by atoms with Crippen LogP contribution in [-0.2, 0) is 14.4 Å². The summed E-state index contributed by atoms with van der Waals surface area (Å²) in [6.45, 7) is 6.84. The number of amidine groups is 1. The summed E-state index contributed by atoms with van der Waals surface area (Å²) in [7, 11) is 1.89. The average Bonchev–Trinajstić information content (AvgIpc) is 2.85. The Balaban J connectivity index is 0.00000420. The van der Waals surface area contributed by atoms with Crippen LogP contribution in [0.3, 0.4) is 0 Å². The van der Waals surface area contributed by atoms with Gasteiger partial charge in [0.05, 0.1) is 6.04 Å². The van der Waals surface area contributed by atoms with Gasteiger partial charge in [-0.2, -0.15) is 0 Å². The van der Waals surface area contributed by atoms with Gasteiger partial charge in [-0.05, 0) is 24.7 Å². The zero-order valence-corrected chi connectivity index (χ0v) is 19.6. The minimum Gasteiger partial charge on any atom is -0.352 e. The zero-order valence-electron chi connectivity index (χ0n) is 18.0. The first-order valence-electron chi connectivity index (χ1n) is 10.2. The van der Waals surface area contributed by atoms with Crippen molar-refractivity contribution >= 4 is 46.9 Å². The lowest BCUT2D eigenvalue weighted by molar-refractivity contribution is -0.141. The van der Waals surface area contributed by atoms with Crippen LogP contribution in [-0.4, -0.2) is 53.1 Å². The third-order valence-electron chi connectivity index (χ3n) is 5.14. The first-order chi connectivity index (χ1) is 13.2. The quantitative estimate of drug-likeness (QED) is 0.372. The van der Waals surface area contributed by atoms with Crippen molar-refractivity contribution < 1.29 is 14.4 Å². The molecule has 2 rings (SSSR count). The van der Waals surface area contributed by atoms with E-state index in [1.54, 1.807) is 0 Å². The molecule has 2 fully saturated rings. The third-order valence-corrected chi connectivity index (χ3v) is 6.18. The molecule has 1 atom stereocenters. The van der Waals surface area contributed by atoms with Crippen molar-refractivity contribution in [1.29, 1.82) is 0 Å². The standard InChI is InChI=1S/C20H34N4O3S.ClH/c1-20(2,3)13-15(21-17(26)14-9-7-5-6-8-10-14)16(25)18(27)22-23-19-24(4)11-12-28-19;/h14-15H,5-13H2,1-4H3,(H,21,26)(H,22,27);1H/b23-19-;/t15-;/m0./s1. The molecule has 0 aromatic rings. The maximum absolute atomic E-state index is 12.8. The molecule has 0 aromatic heterocycles. The van der Waals surface area contributed by atoms with E-state index in [4.69, 9.17) is 0 Å². The number of hydrogen-bond acceptors (Lipinski definition) is 5. The van der Waals surface area contributed by atoms with E-state index in [-0.39, 0.29) is 29.6 Å². The largest absolute Gasteiger partial charge is 0.352 e. The number of hydrogen-bond donors (Lipinski definition) is 2. The molecule has 166 valence electrons. The molecule has 1 aliphatic carbocycles. The first kappa shape index (κ1) is 25.8. The fourth-order valence-electron chi connectivity index (χ4n) is 3.56. The Morgan fingerprint density at radius 1 is 1.17 bits per heavy atom. The van der Waals surface area contributed by atoms with Gasteiger partial charge < -0.3 is 10.2 Å². The number of thioether (sulfide) groups is 1. The SMILES string of the molecule is CN1CCS/C1=N\NC(=O)C(=O)[C@H](CC(C)(C)C)NC(=O)C1CCCCCC1.Cl. The number of nitrogens with one attached hydrogen (secondary N) is 2. The minimum atomic E-state index is -0.829. The molecule has 0 unspecified atom stereocenters. The van der Waals surface area contributed by atoms with Crippen LogP contribution in [0.1, 0.15) is 65.7 Å². The predicted octanol–water partition coefficient (Wildman–Crippen LogP) is 2.93. The Bertz CT molecular complexity index is 613. The Kier molecular flexibility index (Phi) is 10.5. The smallest absolute Gasteiger partial charge is 0.309 e. The number of carbonyl (C=O) groups is 3. The molecule has 0 aromatic carbocycles. The van der Waals surface area contributed by atoms with Crippen LogP contribution >= 0.6 is 24.2 Å². The Morgan fingerprint density at radius 2 is 1.79 bits per heavy atom. The monoisotopic (exact) mass is 446 g/mol. The van der Waals surface area contributed by atoms with E-state index in [9.17, 15) is 14.4 Å². The molecule has 0 bridgehead atoms. The van der Waals surface area contributed by atoms with Crippen LogP contribution in [0.25, 0.3) is 0 Å². The lowest BCUT2D eigenvalue weighted by atomic mass is 9.86. The van der Waals surface area contributed by atoms with Gasteiger partial charge in [-0.15, -0.1) is 17.5 Å². The van der Waals surface area contributed by atoms with Gasteiger partial charge in [0.25, 0.3) is 0 Å². The van der Waals surface area contributed by atoms with Crippen molar-refractivity contribution in [2.24, 2.45) is 16.4 Å². The molecule has 1 saturated carbocycles. The highest BCUT2D eigenvalue weighted by Gasteiger charge is 2.33. The highest BCUT2D eigenvalue weighted by molar-refractivity contribution is 8.14. The summed E-state index contributed by atoms with van der Waals surface area (Å²) in [5.41, 5.74) is 2.17. The van der Waals surface area contributed by atoms with Crippen LogP contribution in [0.2, 0.25) is 0 Å². The van der Waals surface area contributed by atoms with E-state index in [1.165, 1.54) is 11.8 Å². The summed E-state index contributed by atoms with van der Waals surface area (Å²) in [5.74, 6) is -0.668. The van der Waals surface area contributed by atoms with Crippen LogP contribution < -0.4 is 10.7 Å². The van der Waals surface area contributed by atoms with Crippen molar-refractivity contribution in [3.05, 3.63) is 0 Å². The van der Waals surface area contributed by atoms with Crippen molar-refractivity contribution in [1.82, 2.24) is 15.6 Å². The molecule has 29 heavy (non-hydrogen) atoms. The summed E-state index contributed by atoms with van der Waals surface area (Å²) in [5, 5.41) is 7.62. The van der Waals surface area contributed by atoms with E-state index in [0.717, 1.165) is 50.8 Å². The fourth-order valence-corrected chi connectivity index (χ4v) is 4.53. The fraction of sp³-hybridized carbons (Fsp3) is 0.800. The molecule has 1 saturated heterocycles. The minimum absolute atomic E-state index is 0. The normalized spacial score (nSPS) is 20.6. The summed E-state index contributed by atoms with van der Waals surface area (Å²) in [6.07, 6.45) is 6.51. The van der Waals surface area contributed by atoms with Crippen molar-refractivity contribution in [2.75, 3.05) is 19.3 Å². The Hall–Kier alpha value is -1.28. The van der Waals surface area contributed by atoms with Crippen LogP contribution in [0.4, 0.5) is 0 Å². The summed E-state index contributed by atoms with van der Waals surface area (Å²) >= 11 is 1.53. The van der Waals surface area contributed by atoms with Gasteiger partial charge in [0.1, 0.15) is 0 Å². The topological polar surface area (TPSA) is 90.9 Å². The van der Waals surface area contributed by atoms with Gasteiger partial charge >= 0.3 is 5.91 Å². The molecule has 0 spiro atoms.